The molecule has 0 saturated heterocycles. The minimum Gasteiger partial charge on any atom is -0.397 e. The number of benzene rings is 1. The fraction of sp³-hybridized carbons (Fsp3) is 0.143. The van der Waals surface area contributed by atoms with Crippen LogP contribution in [-0.2, 0) is 0 Å². The third-order valence-electron chi connectivity index (χ3n) is 1.54. The van der Waals surface area contributed by atoms with Gasteiger partial charge in [-0.25, -0.2) is 0 Å². The van der Waals surface area contributed by atoms with E-state index in [1.54, 1.807) is 25.2 Å². The van der Waals surface area contributed by atoms with Gasteiger partial charge in [-0.15, -0.1) is 0 Å². The third-order valence-corrected chi connectivity index (χ3v) is 1.54. The molecule has 1 aromatic rings. The fourth-order valence-electron chi connectivity index (χ4n) is 0.903. The molecule has 11 heavy (non-hydrogen) atoms. The summed E-state index contributed by atoms with van der Waals surface area (Å²) < 4.78 is 12.1. The lowest BCUT2D eigenvalue weighted by Gasteiger charge is -2.04. The van der Waals surface area contributed by atoms with Crippen molar-refractivity contribution < 1.29 is 4.32 Å². The van der Waals surface area contributed by atoms with Gasteiger partial charge in [0.1, 0.15) is 0 Å². The lowest BCUT2D eigenvalue weighted by atomic mass is 9.91. The molecule has 0 aromatic heterocycles. The lowest BCUT2D eigenvalue weighted by Crippen LogP contribution is -2.11. The molecule has 4 heteroatoms. The van der Waals surface area contributed by atoms with Crippen molar-refractivity contribution in [3.8, 4) is 0 Å². The normalized spacial score (nSPS) is 9.27. The van der Waals surface area contributed by atoms with Crippen LogP contribution in [0.25, 0.3) is 0 Å². The molecule has 58 valence electrons. The molecule has 0 amide bonds. The Balaban J connectivity index is 3.02. The second-order valence-corrected chi connectivity index (χ2v) is 2.31. The van der Waals surface area contributed by atoms with Crippen molar-refractivity contribution in [2.24, 2.45) is 0 Å². The summed E-state index contributed by atoms with van der Waals surface area (Å²) in [6.45, 7) is 0. The quantitative estimate of drug-likeness (QED) is 0.471. The molecule has 0 aliphatic heterocycles. The van der Waals surface area contributed by atoms with Crippen LogP contribution >= 0.6 is 0 Å². The highest BCUT2D eigenvalue weighted by atomic mass is 19.1. The number of hydrogen-bond acceptors (Lipinski definition) is 2. The second kappa shape index (κ2) is 3.28. The van der Waals surface area contributed by atoms with Crippen molar-refractivity contribution in [2.45, 2.75) is 0 Å². The van der Waals surface area contributed by atoms with Gasteiger partial charge in [-0.05, 0) is 17.6 Å². The van der Waals surface area contributed by atoms with Crippen LogP contribution < -0.4 is 16.5 Å². The van der Waals surface area contributed by atoms with Gasteiger partial charge >= 0.3 is 7.56 Å². The summed E-state index contributed by atoms with van der Waals surface area (Å²) >= 11 is 0. The van der Waals surface area contributed by atoms with E-state index in [1.807, 2.05) is 0 Å². The first-order valence-corrected chi connectivity index (χ1v) is 3.40. The monoisotopic (exact) mass is 152 g/mol. The minimum atomic E-state index is -0.449. The zero-order chi connectivity index (χ0) is 8.27. The maximum atomic E-state index is 12.1. The van der Waals surface area contributed by atoms with Gasteiger partial charge in [0.05, 0.1) is 11.4 Å². The maximum Gasteiger partial charge on any atom is 0.364 e. The fourth-order valence-corrected chi connectivity index (χ4v) is 0.903. The van der Waals surface area contributed by atoms with Crippen molar-refractivity contribution in [3.63, 3.8) is 0 Å². The van der Waals surface area contributed by atoms with Gasteiger partial charge in [-0.2, -0.15) is 0 Å². The maximum absolute atomic E-state index is 12.1. The number of nitrogen functional groups attached to an aromatic ring is 1. The van der Waals surface area contributed by atoms with Gasteiger partial charge in [-0.3, -0.25) is 0 Å². The van der Waals surface area contributed by atoms with E-state index in [1.165, 1.54) is 0 Å². The average Bonchev–Trinajstić information content (AvgIpc) is 2.05. The Morgan fingerprint density at radius 2 is 2.27 bits per heavy atom. The lowest BCUT2D eigenvalue weighted by molar-refractivity contribution is 0.885. The summed E-state index contributed by atoms with van der Waals surface area (Å²) in [7, 11) is 1.31. The van der Waals surface area contributed by atoms with Crippen molar-refractivity contribution in [3.05, 3.63) is 18.2 Å². The number of anilines is 2. The second-order valence-electron chi connectivity index (χ2n) is 2.31. The molecule has 0 aliphatic carbocycles. The van der Waals surface area contributed by atoms with E-state index < -0.39 is 7.56 Å². The molecule has 0 bridgehead atoms. The van der Waals surface area contributed by atoms with Crippen LogP contribution in [0.1, 0.15) is 0 Å². The molecule has 1 aromatic carbocycles. The summed E-state index contributed by atoms with van der Waals surface area (Å²) in [6, 6.07) is 5.08. The molecular weight excluding hydrogens is 142 g/mol. The molecule has 0 aliphatic rings. The Labute approximate surface area is 65.9 Å². The first-order valence-electron chi connectivity index (χ1n) is 3.40. The Morgan fingerprint density at radius 1 is 1.55 bits per heavy atom. The van der Waals surface area contributed by atoms with Crippen LogP contribution in [0.4, 0.5) is 15.7 Å². The van der Waals surface area contributed by atoms with E-state index in [-0.39, 0.29) is 0 Å². The Bertz CT molecular complexity index is 252. The Morgan fingerprint density at radius 3 is 2.82 bits per heavy atom. The Hall–Kier alpha value is -1.19. The van der Waals surface area contributed by atoms with E-state index in [0.29, 0.717) is 11.2 Å². The number of nitrogens with one attached hydrogen (secondary N) is 1. The van der Waals surface area contributed by atoms with E-state index in [0.717, 1.165) is 5.69 Å². The number of rotatable bonds is 2. The van der Waals surface area contributed by atoms with E-state index in [9.17, 15) is 4.32 Å². The molecule has 0 spiro atoms. The summed E-state index contributed by atoms with van der Waals surface area (Å²) in [4.78, 5) is 0. The number of halogens is 1. The summed E-state index contributed by atoms with van der Waals surface area (Å²) in [5.41, 5.74) is 7.63. The van der Waals surface area contributed by atoms with Crippen molar-refractivity contribution in [1.82, 2.24) is 0 Å². The molecule has 1 rings (SSSR count). The van der Waals surface area contributed by atoms with Crippen LogP contribution in [0.15, 0.2) is 18.2 Å². The molecule has 2 nitrogen and oxygen atoms in total. The Kier molecular flexibility index (Phi) is 2.36. The standard InChI is InChI=1S/C7H10BFN2/c1-11-7-4-5(8-9)2-3-6(7)10/h2-4,8,11H,10H2,1H3. The van der Waals surface area contributed by atoms with Gasteiger partial charge in [-0.1, -0.05) is 6.07 Å². The van der Waals surface area contributed by atoms with E-state index in [2.05, 4.69) is 5.32 Å². The van der Waals surface area contributed by atoms with E-state index in [4.69, 9.17) is 5.73 Å². The molecule has 0 saturated carbocycles. The van der Waals surface area contributed by atoms with Crippen molar-refractivity contribution in [2.75, 3.05) is 18.1 Å². The predicted octanol–water partition coefficient (Wildman–Crippen LogP) is 0.257. The molecule has 0 heterocycles. The zero-order valence-corrected chi connectivity index (χ0v) is 6.39. The van der Waals surface area contributed by atoms with Crippen molar-refractivity contribution in [1.29, 1.82) is 0 Å². The SMILES string of the molecule is CNc1cc(BF)ccc1N. The van der Waals surface area contributed by atoms with E-state index >= 15 is 0 Å². The van der Waals surface area contributed by atoms with Crippen LogP contribution in [0.5, 0.6) is 0 Å². The van der Waals surface area contributed by atoms with Crippen LogP contribution in [0.2, 0.25) is 0 Å². The largest absolute Gasteiger partial charge is 0.397 e. The van der Waals surface area contributed by atoms with Gasteiger partial charge in [0.25, 0.3) is 0 Å². The highest BCUT2D eigenvalue weighted by molar-refractivity contribution is 6.46. The zero-order valence-electron chi connectivity index (χ0n) is 6.39. The van der Waals surface area contributed by atoms with Gasteiger partial charge in [0, 0.05) is 7.05 Å². The molecular formula is C7H10BFN2. The summed E-state index contributed by atoms with van der Waals surface area (Å²) in [5.74, 6) is 0. The topological polar surface area (TPSA) is 38.0 Å². The van der Waals surface area contributed by atoms with Crippen molar-refractivity contribution >= 4 is 24.4 Å². The molecule has 3 N–H and O–H groups in total. The molecule has 0 radical (unpaired) electrons. The highest BCUT2D eigenvalue weighted by Gasteiger charge is 1.99. The van der Waals surface area contributed by atoms with Gasteiger partial charge in [0.15, 0.2) is 0 Å². The highest BCUT2D eigenvalue weighted by Crippen LogP contribution is 2.13. The molecule has 0 unspecified atom stereocenters. The van der Waals surface area contributed by atoms with Gasteiger partial charge < -0.3 is 15.4 Å². The smallest absolute Gasteiger partial charge is 0.364 e. The van der Waals surface area contributed by atoms with Crippen LogP contribution in [0.3, 0.4) is 0 Å². The molecule has 0 atom stereocenters. The third kappa shape index (κ3) is 1.64. The number of nitrogens with two attached hydrogens (primary N) is 1. The first-order chi connectivity index (χ1) is 5.27. The first kappa shape index (κ1) is 7.92. The number of hydrogen-bond donors (Lipinski definition) is 2. The predicted molar refractivity (Wildman–Crippen MR) is 48.3 cm³/mol. The van der Waals surface area contributed by atoms with Crippen LogP contribution in [-0.4, -0.2) is 14.6 Å². The minimum absolute atomic E-state index is 0.449. The van der Waals surface area contributed by atoms with Crippen LogP contribution in [0, 0.1) is 0 Å². The summed E-state index contributed by atoms with van der Waals surface area (Å²) in [5, 5.41) is 2.88. The van der Waals surface area contributed by atoms with Gasteiger partial charge in [0.2, 0.25) is 0 Å². The average molecular weight is 152 g/mol. The molecule has 0 fully saturated rings. The summed E-state index contributed by atoms with van der Waals surface area (Å²) in [6.07, 6.45) is 0.